The summed E-state index contributed by atoms with van der Waals surface area (Å²) in [6, 6.07) is 5.73. The Kier molecular flexibility index (Phi) is 5.03. The number of halogens is 1. The van der Waals surface area contributed by atoms with Crippen molar-refractivity contribution in [3.63, 3.8) is 0 Å². The molecule has 1 rings (SSSR count). The molecule has 0 spiro atoms. The number of hydrogen-bond acceptors (Lipinski definition) is 4. The average Bonchev–Trinajstić information content (AvgIpc) is 2.36. The normalized spacial score (nSPS) is 13.6. The van der Waals surface area contributed by atoms with Crippen molar-refractivity contribution in [2.45, 2.75) is 9.91 Å². The van der Waals surface area contributed by atoms with E-state index in [4.69, 9.17) is 4.74 Å². The number of carbonyl (C=O) groups excluding carboxylic acids is 1. The van der Waals surface area contributed by atoms with E-state index in [0.717, 1.165) is 4.31 Å². The van der Waals surface area contributed by atoms with Crippen molar-refractivity contribution in [3.8, 4) is 0 Å². The molecule has 1 aromatic carbocycles. The van der Waals surface area contributed by atoms with Gasteiger partial charge >= 0.3 is 0 Å². The van der Waals surface area contributed by atoms with Crippen molar-refractivity contribution >= 4 is 31.7 Å². The molecule has 5 nitrogen and oxygen atoms in total. The topological polar surface area (TPSA) is 63.7 Å². The number of carbonyl (C=O) groups is 1. The largest absolute Gasteiger partial charge is 0.362 e. The minimum absolute atomic E-state index is 0.146. The molecule has 1 unspecified atom stereocenters. The van der Waals surface area contributed by atoms with Crippen LogP contribution in [0.25, 0.3) is 0 Å². The summed E-state index contributed by atoms with van der Waals surface area (Å²) in [6.07, 6.45) is 0. The summed E-state index contributed by atoms with van der Waals surface area (Å²) in [6.45, 7) is 0. The van der Waals surface area contributed by atoms with Crippen LogP contribution in [0, 0.1) is 0 Å². The predicted octanol–water partition coefficient (Wildman–Crippen LogP) is 1.49. The van der Waals surface area contributed by atoms with Gasteiger partial charge in [-0.3, -0.25) is 4.79 Å². The van der Waals surface area contributed by atoms with Crippen LogP contribution in [0.3, 0.4) is 0 Å². The Morgan fingerprint density at radius 1 is 1.28 bits per heavy atom. The molecule has 0 saturated carbocycles. The molecule has 0 aliphatic carbocycles. The molecule has 0 saturated heterocycles. The zero-order valence-corrected chi connectivity index (χ0v) is 12.7. The number of benzene rings is 1. The third-order valence-electron chi connectivity index (χ3n) is 2.33. The third-order valence-corrected chi connectivity index (χ3v) is 4.95. The van der Waals surface area contributed by atoms with E-state index in [0.29, 0.717) is 5.56 Å². The van der Waals surface area contributed by atoms with E-state index in [2.05, 4.69) is 15.9 Å². The fourth-order valence-electron chi connectivity index (χ4n) is 1.24. The van der Waals surface area contributed by atoms with Crippen molar-refractivity contribution in [1.29, 1.82) is 0 Å². The monoisotopic (exact) mass is 335 g/mol. The molecule has 0 bridgehead atoms. The Hall–Kier alpha value is -0.760. The maximum atomic E-state index is 11.8. The quantitative estimate of drug-likeness (QED) is 0.604. The average molecular weight is 336 g/mol. The first-order valence-corrected chi connectivity index (χ1v) is 7.40. The second-order valence-electron chi connectivity index (χ2n) is 3.73. The molecule has 0 aliphatic rings. The summed E-state index contributed by atoms with van der Waals surface area (Å²) >= 11 is 3.06. The Labute approximate surface area is 115 Å². The fraction of sp³-hybridized carbons (Fsp3) is 0.364. The van der Waals surface area contributed by atoms with Gasteiger partial charge in [0.05, 0.1) is 4.90 Å². The van der Waals surface area contributed by atoms with E-state index in [1.807, 2.05) is 0 Å². The molecule has 100 valence electrons. The molecular weight excluding hydrogens is 322 g/mol. The number of ether oxygens (including phenoxy) is 1. The number of Topliss-reactive ketones (excluding diaryl/α,β-unsaturated/α-hetero) is 1. The summed E-state index contributed by atoms with van der Waals surface area (Å²) in [4.78, 5) is 11.9. The lowest BCUT2D eigenvalue weighted by atomic mass is 10.1. The summed E-state index contributed by atoms with van der Waals surface area (Å²) in [5.74, 6) is -0.258. The number of ketones is 1. The predicted molar refractivity (Wildman–Crippen MR) is 71.4 cm³/mol. The van der Waals surface area contributed by atoms with Crippen molar-refractivity contribution in [1.82, 2.24) is 4.31 Å². The summed E-state index contributed by atoms with van der Waals surface area (Å²) in [5, 5.41) is -0.728. The third kappa shape index (κ3) is 3.17. The summed E-state index contributed by atoms with van der Waals surface area (Å²) < 4.78 is 29.6. The van der Waals surface area contributed by atoms with Crippen molar-refractivity contribution in [2.24, 2.45) is 0 Å². The van der Waals surface area contributed by atoms with Gasteiger partial charge in [0, 0.05) is 26.8 Å². The van der Waals surface area contributed by atoms with Gasteiger partial charge in [-0.25, -0.2) is 12.7 Å². The van der Waals surface area contributed by atoms with E-state index < -0.39 is 15.0 Å². The van der Waals surface area contributed by atoms with Gasteiger partial charge < -0.3 is 4.74 Å². The molecule has 0 aliphatic heterocycles. The smallest absolute Gasteiger partial charge is 0.242 e. The van der Waals surface area contributed by atoms with E-state index in [9.17, 15) is 13.2 Å². The van der Waals surface area contributed by atoms with Crippen LogP contribution in [0.4, 0.5) is 0 Å². The van der Waals surface area contributed by atoms with Gasteiger partial charge in [-0.2, -0.15) is 0 Å². The molecule has 7 heteroatoms. The van der Waals surface area contributed by atoms with E-state index >= 15 is 0 Å². The van der Waals surface area contributed by atoms with Gasteiger partial charge in [0.15, 0.2) is 5.01 Å². The number of alkyl halides is 1. The van der Waals surface area contributed by atoms with Gasteiger partial charge in [-0.1, -0.05) is 0 Å². The maximum absolute atomic E-state index is 11.8. The molecule has 0 aromatic heterocycles. The van der Waals surface area contributed by atoms with E-state index in [-0.39, 0.29) is 10.7 Å². The summed E-state index contributed by atoms with van der Waals surface area (Å²) in [5.41, 5.74) is 0.386. The lowest BCUT2D eigenvalue weighted by molar-refractivity contribution is 0.0805. The van der Waals surface area contributed by atoms with E-state index in [1.54, 1.807) is 0 Å². The number of methoxy groups -OCH3 is 1. The second-order valence-corrected chi connectivity index (χ2v) is 6.71. The molecule has 0 fully saturated rings. The second kappa shape index (κ2) is 5.92. The van der Waals surface area contributed by atoms with Crippen LogP contribution in [-0.2, 0) is 14.8 Å². The molecule has 1 atom stereocenters. The van der Waals surface area contributed by atoms with Gasteiger partial charge in [0.1, 0.15) is 0 Å². The summed E-state index contributed by atoms with van der Waals surface area (Å²) in [7, 11) is 0.843. The molecular formula is C11H14BrNO4S. The first-order valence-electron chi connectivity index (χ1n) is 5.04. The van der Waals surface area contributed by atoms with Crippen LogP contribution < -0.4 is 0 Å². The molecule has 0 radical (unpaired) electrons. The highest BCUT2D eigenvalue weighted by Gasteiger charge is 2.19. The Bertz CT molecular complexity index is 524. The maximum Gasteiger partial charge on any atom is 0.242 e. The lowest BCUT2D eigenvalue weighted by Gasteiger charge is -2.12. The number of nitrogens with zero attached hydrogens (tertiary/aromatic N) is 1. The zero-order valence-electron chi connectivity index (χ0n) is 10.3. The molecule has 0 heterocycles. The molecule has 0 N–H and O–H groups in total. The minimum Gasteiger partial charge on any atom is -0.362 e. The van der Waals surface area contributed by atoms with Gasteiger partial charge in [0.25, 0.3) is 0 Å². The van der Waals surface area contributed by atoms with Gasteiger partial charge in [-0.05, 0) is 40.2 Å². The van der Waals surface area contributed by atoms with Crippen molar-refractivity contribution in [3.05, 3.63) is 29.8 Å². The van der Waals surface area contributed by atoms with E-state index in [1.165, 1.54) is 45.5 Å². The zero-order chi connectivity index (χ0) is 13.9. The minimum atomic E-state index is -3.47. The first-order chi connectivity index (χ1) is 8.30. The highest BCUT2D eigenvalue weighted by molar-refractivity contribution is 9.09. The van der Waals surface area contributed by atoms with Gasteiger partial charge in [0.2, 0.25) is 15.8 Å². The standard InChI is InChI=1S/C11H14BrNO4S/c1-13(2)18(15,16)9-6-4-8(5-7-9)10(14)11(12)17-3/h4-7,11H,1-3H3. The highest BCUT2D eigenvalue weighted by Crippen LogP contribution is 2.16. The van der Waals surface area contributed by atoms with Crippen LogP contribution in [0.1, 0.15) is 10.4 Å². The van der Waals surface area contributed by atoms with Gasteiger partial charge in [-0.15, -0.1) is 0 Å². The van der Waals surface area contributed by atoms with Crippen molar-refractivity contribution < 1.29 is 17.9 Å². The highest BCUT2D eigenvalue weighted by atomic mass is 79.9. The van der Waals surface area contributed by atoms with Crippen LogP contribution in [-0.4, -0.2) is 44.7 Å². The van der Waals surface area contributed by atoms with Crippen LogP contribution in [0.15, 0.2) is 29.2 Å². The number of hydrogen-bond donors (Lipinski definition) is 0. The van der Waals surface area contributed by atoms with Crippen molar-refractivity contribution in [2.75, 3.05) is 21.2 Å². The van der Waals surface area contributed by atoms with Crippen LogP contribution in [0.5, 0.6) is 0 Å². The number of sulfonamides is 1. The molecule has 1 aromatic rings. The Morgan fingerprint density at radius 3 is 2.17 bits per heavy atom. The molecule has 0 amide bonds. The molecule has 18 heavy (non-hydrogen) atoms. The van der Waals surface area contributed by atoms with Crippen LogP contribution >= 0.6 is 15.9 Å². The fourth-order valence-corrected chi connectivity index (χ4v) is 2.41. The SMILES string of the molecule is COC(Br)C(=O)c1ccc(S(=O)(=O)N(C)C)cc1. The number of rotatable bonds is 5. The Balaban J connectivity index is 3.05. The lowest BCUT2D eigenvalue weighted by Crippen LogP contribution is -2.22. The Morgan fingerprint density at radius 2 is 1.78 bits per heavy atom. The van der Waals surface area contributed by atoms with Crippen LogP contribution in [0.2, 0.25) is 0 Å². The first kappa shape index (κ1) is 15.3.